The molecule has 1 aromatic carbocycles. The van der Waals surface area contributed by atoms with Gasteiger partial charge < -0.3 is 9.64 Å². The number of benzene rings is 1. The van der Waals surface area contributed by atoms with E-state index >= 15 is 0 Å². The highest BCUT2D eigenvalue weighted by Gasteiger charge is 2.16. The lowest BCUT2D eigenvalue weighted by molar-refractivity contribution is 0.0528. The predicted molar refractivity (Wildman–Crippen MR) is 99.8 cm³/mol. The molecule has 0 saturated heterocycles. The van der Waals surface area contributed by atoms with Crippen molar-refractivity contribution in [3.8, 4) is 0 Å². The minimum absolute atomic E-state index is 0.324. The Morgan fingerprint density at radius 1 is 1.33 bits per heavy atom. The molecule has 2 rings (SSSR count). The third-order valence-corrected chi connectivity index (χ3v) is 3.77. The maximum absolute atomic E-state index is 12.1. The number of thiophene rings is 1. The molecule has 2 aromatic rings. The summed E-state index contributed by atoms with van der Waals surface area (Å²) >= 11 is 1.38. The zero-order valence-electron chi connectivity index (χ0n) is 13.9. The van der Waals surface area contributed by atoms with E-state index in [0.717, 1.165) is 10.6 Å². The average Bonchev–Trinajstić information content (AvgIpc) is 2.97. The van der Waals surface area contributed by atoms with Crippen molar-refractivity contribution in [1.29, 1.82) is 0 Å². The average molecular weight is 344 g/mol. The summed E-state index contributed by atoms with van der Waals surface area (Å²) in [7, 11) is 3.74. The van der Waals surface area contributed by atoms with Crippen molar-refractivity contribution in [3.05, 3.63) is 46.8 Å². The second-order valence-corrected chi connectivity index (χ2v) is 6.09. The Morgan fingerprint density at radius 2 is 2.08 bits per heavy atom. The van der Waals surface area contributed by atoms with Crippen molar-refractivity contribution in [2.24, 2.45) is 10.1 Å². The number of hydrogen-bond acceptors (Lipinski definition) is 6. The molecule has 1 N–H and O–H groups in total. The highest BCUT2D eigenvalue weighted by atomic mass is 32.1. The highest BCUT2D eigenvalue weighted by Crippen LogP contribution is 2.30. The number of nitrogens with one attached hydrogen (secondary N) is 1. The van der Waals surface area contributed by atoms with Gasteiger partial charge in [-0.2, -0.15) is 5.10 Å². The van der Waals surface area contributed by atoms with Crippen LogP contribution in [0.15, 0.2) is 46.5 Å². The number of carbonyl (C=O) groups excluding carboxylic acids is 1. The Balaban J connectivity index is 2.17. The van der Waals surface area contributed by atoms with Crippen LogP contribution in [-0.2, 0) is 4.74 Å². The van der Waals surface area contributed by atoms with E-state index in [1.54, 1.807) is 30.4 Å². The molecule has 7 heteroatoms. The van der Waals surface area contributed by atoms with Crippen molar-refractivity contribution in [2.45, 2.75) is 6.92 Å². The fraction of sp³-hybridized carbons (Fsp3) is 0.235. The molecule has 24 heavy (non-hydrogen) atoms. The summed E-state index contributed by atoms with van der Waals surface area (Å²) in [5.74, 6) is -0.379. The van der Waals surface area contributed by atoms with Gasteiger partial charge in [0.15, 0.2) is 0 Å². The maximum Gasteiger partial charge on any atom is 0.341 e. The number of carbonyl (C=O) groups is 1. The molecule has 0 fully saturated rings. The van der Waals surface area contributed by atoms with E-state index in [1.807, 2.05) is 44.4 Å². The lowest BCUT2D eigenvalue weighted by atomic mass is 10.3. The van der Waals surface area contributed by atoms with Crippen molar-refractivity contribution in [3.63, 3.8) is 0 Å². The van der Waals surface area contributed by atoms with Gasteiger partial charge in [0.1, 0.15) is 5.00 Å². The SMILES string of the molecule is CCOC(=O)c1cc(/C=N\Nc2ccccc2)sc1N=CN(C)C. The molecular weight excluding hydrogens is 324 g/mol. The van der Waals surface area contributed by atoms with Crippen LogP contribution in [0.1, 0.15) is 22.2 Å². The number of hydrazone groups is 1. The molecule has 0 aliphatic carbocycles. The first-order valence-corrected chi connectivity index (χ1v) is 8.27. The van der Waals surface area contributed by atoms with E-state index in [-0.39, 0.29) is 5.97 Å². The molecule has 0 aliphatic heterocycles. The van der Waals surface area contributed by atoms with E-state index in [4.69, 9.17) is 4.74 Å². The summed E-state index contributed by atoms with van der Waals surface area (Å²) in [5, 5.41) is 4.79. The number of hydrogen-bond donors (Lipinski definition) is 1. The molecule has 6 nitrogen and oxygen atoms in total. The third-order valence-electron chi connectivity index (χ3n) is 2.79. The lowest BCUT2D eigenvalue weighted by Gasteiger charge is -2.02. The molecule has 0 saturated carbocycles. The van der Waals surface area contributed by atoms with Gasteiger partial charge in [0.25, 0.3) is 0 Å². The zero-order valence-corrected chi connectivity index (χ0v) is 14.7. The van der Waals surface area contributed by atoms with Gasteiger partial charge in [-0.05, 0) is 25.1 Å². The summed E-state index contributed by atoms with van der Waals surface area (Å²) in [6, 6.07) is 11.4. The van der Waals surface area contributed by atoms with E-state index in [9.17, 15) is 4.79 Å². The molecule has 0 aliphatic rings. The van der Waals surface area contributed by atoms with Gasteiger partial charge >= 0.3 is 5.97 Å². The van der Waals surface area contributed by atoms with Crippen molar-refractivity contribution in [2.75, 3.05) is 26.1 Å². The molecular formula is C17H20N4O2S. The fourth-order valence-corrected chi connectivity index (χ4v) is 2.62. The number of ether oxygens (including phenoxy) is 1. The van der Waals surface area contributed by atoms with E-state index in [1.165, 1.54) is 11.3 Å². The van der Waals surface area contributed by atoms with E-state index in [0.29, 0.717) is 17.2 Å². The number of anilines is 1. The van der Waals surface area contributed by atoms with Crippen LogP contribution in [0.3, 0.4) is 0 Å². The smallest absolute Gasteiger partial charge is 0.341 e. The molecule has 1 aromatic heterocycles. The number of rotatable bonds is 7. The van der Waals surface area contributed by atoms with Gasteiger partial charge in [-0.15, -0.1) is 11.3 Å². The number of esters is 1. The standard InChI is InChI=1S/C17H20N4O2S/c1-4-23-17(22)15-10-14(24-16(15)18-12-21(2)3)11-19-20-13-8-6-5-7-9-13/h5-12,20H,4H2,1-3H3/b18-12?,19-11-. The monoisotopic (exact) mass is 344 g/mol. The highest BCUT2D eigenvalue weighted by molar-refractivity contribution is 7.17. The van der Waals surface area contributed by atoms with Crippen LogP contribution in [0.5, 0.6) is 0 Å². The van der Waals surface area contributed by atoms with Gasteiger partial charge in [-0.1, -0.05) is 18.2 Å². The van der Waals surface area contributed by atoms with Gasteiger partial charge in [0.2, 0.25) is 0 Å². The molecule has 0 bridgehead atoms. The maximum atomic E-state index is 12.1. The van der Waals surface area contributed by atoms with Gasteiger partial charge in [0.05, 0.1) is 35.3 Å². The first kappa shape index (κ1) is 17.7. The van der Waals surface area contributed by atoms with Crippen LogP contribution in [0, 0.1) is 0 Å². The summed E-state index contributed by atoms with van der Waals surface area (Å²) in [5.41, 5.74) is 4.28. The number of aliphatic imine (C=N–C) groups is 1. The molecule has 0 spiro atoms. The summed E-state index contributed by atoms with van der Waals surface area (Å²) in [6.45, 7) is 2.10. The second kappa shape index (κ2) is 8.83. The minimum atomic E-state index is -0.379. The van der Waals surface area contributed by atoms with Gasteiger partial charge in [-0.25, -0.2) is 9.79 Å². The Hall–Kier alpha value is -2.67. The minimum Gasteiger partial charge on any atom is -0.462 e. The molecule has 1 heterocycles. The Kier molecular flexibility index (Phi) is 6.51. The number of nitrogens with zero attached hydrogens (tertiary/aromatic N) is 3. The van der Waals surface area contributed by atoms with Gasteiger partial charge in [0, 0.05) is 14.1 Å². The zero-order chi connectivity index (χ0) is 17.4. The first-order valence-electron chi connectivity index (χ1n) is 7.46. The van der Waals surface area contributed by atoms with Crippen LogP contribution in [0.4, 0.5) is 10.7 Å². The number of para-hydroxylation sites is 1. The quantitative estimate of drug-likeness (QED) is 0.361. The summed E-state index contributed by atoms with van der Waals surface area (Å²) in [6.07, 6.45) is 3.31. The van der Waals surface area contributed by atoms with Crippen LogP contribution in [-0.4, -0.2) is 44.1 Å². The molecule has 126 valence electrons. The second-order valence-electron chi connectivity index (χ2n) is 5.03. The topological polar surface area (TPSA) is 66.3 Å². The third kappa shape index (κ3) is 5.20. The molecule has 0 amide bonds. The van der Waals surface area contributed by atoms with Crippen LogP contribution >= 0.6 is 11.3 Å². The van der Waals surface area contributed by atoms with Crippen LogP contribution < -0.4 is 5.43 Å². The van der Waals surface area contributed by atoms with E-state index < -0.39 is 0 Å². The molecule has 0 unspecified atom stereocenters. The summed E-state index contributed by atoms with van der Waals surface area (Å²) < 4.78 is 5.08. The fourth-order valence-electron chi connectivity index (χ4n) is 1.77. The normalized spacial score (nSPS) is 11.1. The largest absolute Gasteiger partial charge is 0.462 e. The first-order chi connectivity index (χ1) is 11.6. The molecule has 0 atom stereocenters. The Morgan fingerprint density at radius 3 is 2.75 bits per heavy atom. The molecule has 0 radical (unpaired) electrons. The van der Waals surface area contributed by atoms with Crippen molar-refractivity contribution in [1.82, 2.24) is 4.90 Å². The van der Waals surface area contributed by atoms with Crippen molar-refractivity contribution < 1.29 is 9.53 Å². The van der Waals surface area contributed by atoms with Crippen LogP contribution in [0.25, 0.3) is 0 Å². The van der Waals surface area contributed by atoms with Gasteiger partial charge in [-0.3, -0.25) is 5.43 Å². The van der Waals surface area contributed by atoms with Crippen LogP contribution in [0.2, 0.25) is 0 Å². The van der Waals surface area contributed by atoms with E-state index in [2.05, 4.69) is 15.5 Å². The predicted octanol–water partition coefficient (Wildman–Crippen LogP) is 3.59. The van der Waals surface area contributed by atoms with Crippen molar-refractivity contribution >= 4 is 40.5 Å². The summed E-state index contributed by atoms with van der Waals surface area (Å²) in [4.78, 5) is 19.0. The Labute approximate surface area is 145 Å². The Bertz CT molecular complexity index is 723. The lowest BCUT2D eigenvalue weighted by Crippen LogP contribution is -2.07.